The lowest BCUT2D eigenvalue weighted by Crippen LogP contribution is -2.53. The highest BCUT2D eigenvalue weighted by Gasteiger charge is 2.59. The number of thiocarbonyl (C=S) groups is 1. The summed E-state index contributed by atoms with van der Waals surface area (Å²) in [5.74, 6) is -6.50. The third-order valence-electron chi connectivity index (χ3n) is 2.17. The molecule has 0 bridgehead atoms. The quantitative estimate of drug-likeness (QED) is 0.589. The van der Waals surface area contributed by atoms with Gasteiger partial charge in [0.15, 0.2) is 9.07 Å². The molecule has 0 aliphatic carbocycles. The van der Waals surface area contributed by atoms with Crippen LogP contribution in [0.1, 0.15) is 13.8 Å². The summed E-state index contributed by atoms with van der Waals surface area (Å²) in [6.07, 6.45) is 0.763. The Labute approximate surface area is 117 Å². The maximum atomic E-state index is 13.1. The average molecular weight is 332 g/mol. The smallest absolute Gasteiger partial charge is 0.291 e. The minimum absolute atomic E-state index is 0.310. The van der Waals surface area contributed by atoms with Crippen LogP contribution in [0.25, 0.3) is 0 Å². The zero-order valence-electron chi connectivity index (χ0n) is 10.1. The van der Waals surface area contributed by atoms with Crippen molar-refractivity contribution in [1.29, 1.82) is 0 Å². The fourth-order valence-electron chi connectivity index (χ4n) is 1.37. The minimum atomic E-state index is -3.83. The number of halogens is 2. The first-order valence-electron chi connectivity index (χ1n) is 4.77. The first kappa shape index (κ1) is 16.4. The molecule has 1 rings (SSSR count). The van der Waals surface area contributed by atoms with E-state index in [-0.39, 0.29) is 4.32 Å². The molecule has 0 radical (unpaired) electrons. The highest BCUT2D eigenvalue weighted by Crippen LogP contribution is 2.41. The Hall–Kier alpha value is -0.650. The lowest BCUT2D eigenvalue weighted by molar-refractivity contribution is -0.148. The number of nitrogens with one attached hydrogen (secondary N) is 1. The summed E-state index contributed by atoms with van der Waals surface area (Å²) in [4.78, 5) is 25.3. The van der Waals surface area contributed by atoms with E-state index < -0.39 is 32.4 Å². The average Bonchev–Trinajstić information content (AvgIpc) is 2.39. The molecule has 0 saturated carbocycles. The number of Topliss-reactive ketones (excluding diaryl/α,β-unsaturated/α-hetero) is 1. The Morgan fingerprint density at radius 2 is 2.00 bits per heavy atom. The van der Waals surface area contributed by atoms with Crippen molar-refractivity contribution in [3.63, 3.8) is 0 Å². The minimum Gasteiger partial charge on any atom is -0.291 e. The Bertz CT molecular complexity index is 557. The van der Waals surface area contributed by atoms with Crippen LogP contribution in [0.4, 0.5) is 8.78 Å². The second-order valence-electron chi connectivity index (χ2n) is 4.12. The summed E-state index contributed by atoms with van der Waals surface area (Å²) in [7, 11) is -3.83. The van der Waals surface area contributed by atoms with E-state index in [2.05, 4.69) is 0 Å². The second kappa shape index (κ2) is 4.72. The molecule has 0 aromatic rings. The van der Waals surface area contributed by atoms with Gasteiger partial charge in [-0.1, -0.05) is 24.0 Å². The lowest BCUT2D eigenvalue weighted by Gasteiger charge is -2.22. The molecule has 0 spiro atoms. The number of hydrogen-bond donors (Lipinski definition) is 1. The van der Waals surface area contributed by atoms with E-state index in [9.17, 15) is 26.8 Å². The van der Waals surface area contributed by atoms with Gasteiger partial charge >= 0.3 is 5.92 Å². The molecular weight excluding hydrogens is 322 g/mol. The van der Waals surface area contributed by atoms with Crippen molar-refractivity contribution in [1.82, 2.24) is 9.84 Å². The molecule has 1 saturated heterocycles. The summed E-state index contributed by atoms with van der Waals surface area (Å²) in [5, 5.41) is 0.416. The summed E-state index contributed by atoms with van der Waals surface area (Å²) in [6.45, 7) is 1.35. The van der Waals surface area contributed by atoms with Gasteiger partial charge < -0.3 is 0 Å². The molecule has 19 heavy (non-hydrogen) atoms. The van der Waals surface area contributed by atoms with Gasteiger partial charge in [-0.05, 0) is 6.92 Å². The van der Waals surface area contributed by atoms with E-state index in [1.165, 1.54) is 0 Å². The van der Waals surface area contributed by atoms with Crippen LogP contribution in [-0.2, 0) is 19.6 Å². The van der Waals surface area contributed by atoms with Crippen LogP contribution in [-0.4, -0.2) is 46.4 Å². The first-order chi connectivity index (χ1) is 8.29. The fraction of sp³-hybridized carbons (Fsp3) is 0.625. The molecule has 1 unspecified atom stereocenters. The van der Waals surface area contributed by atoms with Crippen molar-refractivity contribution in [2.24, 2.45) is 0 Å². The molecule has 1 N–H and O–H groups in total. The monoisotopic (exact) mass is 332 g/mol. The summed E-state index contributed by atoms with van der Waals surface area (Å²) < 4.78 is 45.8. The zero-order valence-corrected chi connectivity index (χ0v) is 12.5. The molecule has 1 atom stereocenters. The number of thioether (sulfide) groups is 1. The second-order valence-corrected chi connectivity index (χ2v) is 7.90. The highest BCUT2D eigenvalue weighted by molar-refractivity contribution is 8.25. The Morgan fingerprint density at radius 3 is 2.37 bits per heavy atom. The van der Waals surface area contributed by atoms with E-state index in [4.69, 9.17) is 12.2 Å². The SMILES string of the molecule is CC(F)(F)C(=O)C1(C)SC(=S)N(NS(C)(=O)=O)C1=O. The van der Waals surface area contributed by atoms with Gasteiger partial charge in [-0.25, -0.2) is 13.4 Å². The molecule has 0 aromatic heterocycles. The molecule has 6 nitrogen and oxygen atoms in total. The van der Waals surface area contributed by atoms with E-state index >= 15 is 0 Å². The summed E-state index contributed by atoms with van der Waals surface area (Å²) in [5.41, 5.74) is 0. The number of amides is 1. The van der Waals surface area contributed by atoms with Gasteiger partial charge in [0, 0.05) is 6.92 Å². The largest absolute Gasteiger partial charge is 0.304 e. The standard InChI is InChI=1S/C8H10F2N2O4S3/c1-7(4(13)8(2,9)10)5(14)12(6(17)18-7)11-19(3,15)16/h11H,1-3H3. The van der Waals surface area contributed by atoms with Gasteiger partial charge in [0.25, 0.3) is 5.91 Å². The van der Waals surface area contributed by atoms with Crippen LogP contribution >= 0.6 is 24.0 Å². The van der Waals surface area contributed by atoms with Crippen molar-refractivity contribution in [3.05, 3.63) is 0 Å². The fourth-order valence-corrected chi connectivity index (χ4v) is 3.64. The first-order valence-corrected chi connectivity index (χ1v) is 7.88. The Kier molecular flexibility index (Phi) is 4.07. The van der Waals surface area contributed by atoms with Gasteiger partial charge in [0.05, 0.1) is 6.26 Å². The van der Waals surface area contributed by atoms with Gasteiger partial charge in [0.2, 0.25) is 15.8 Å². The number of sulfonamides is 1. The highest BCUT2D eigenvalue weighted by atomic mass is 32.2. The maximum Gasteiger partial charge on any atom is 0.304 e. The normalized spacial score (nSPS) is 25.0. The van der Waals surface area contributed by atoms with Gasteiger partial charge in [0.1, 0.15) is 0 Å². The number of rotatable bonds is 4. The van der Waals surface area contributed by atoms with Crippen molar-refractivity contribution < 1.29 is 26.8 Å². The molecule has 0 aromatic carbocycles. The third-order valence-corrected chi connectivity index (χ3v) is 4.25. The number of carbonyl (C=O) groups is 2. The molecule has 11 heteroatoms. The van der Waals surface area contributed by atoms with Gasteiger partial charge in [-0.3, -0.25) is 9.59 Å². The number of nitrogens with zero attached hydrogens (tertiary/aromatic N) is 1. The van der Waals surface area contributed by atoms with Crippen molar-refractivity contribution >= 4 is 50.0 Å². The molecule has 1 fully saturated rings. The predicted octanol–water partition coefficient (Wildman–Crippen LogP) is 0.294. The summed E-state index contributed by atoms with van der Waals surface area (Å²) in [6, 6.07) is 0. The number of alkyl halides is 2. The number of carbonyl (C=O) groups excluding carboxylic acids is 2. The van der Waals surface area contributed by atoms with Crippen molar-refractivity contribution in [3.8, 4) is 0 Å². The molecule has 1 heterocycles. The van der Waals surface area contributed by atoms with Crippen LogP contribution in [0, 0.1) is 0 Å². The molecular formula is C8H10F2N2O4S3. The zero-order chi connectivity index (χ0) is 15.2. The Balaban J connectivity index is 3.14. The number of ketones is 1. The Morgan fingerprint density at radius 1 is 1.53 bits per heavy atom. The molecule has 1 aliphatic heterocycles. The lowest BCUT2D eigenvalue weighted by atomic mass is 10.00. The van der Waals surface area contributed by atoms with Crippen LogP contribution < -0.4 is 4.83 Å². The van der Waals surface area contributed by atoms with Gasteiger partial charge in [-0.2, -0.15) is 8.78 Å². The van der Waals surface area contributed by atoms with Crippen LogP contribution in [0.3, 0.4) is 0 Å². The molecule has 1 amide bonds. The van der Waals surface area contributed by atoms with Crippen molar-refractivity contribution in [2.45, 2.75) is 24.5 Å². The van der Waals surface area contributed by atoms with E-state index in [1.54, 1.807) is 4.83 Å². The van der Waals surface area contributed by atoms with Crippen LogP contribution in [0.2, 0.25) is 0 Å². The predicted molar refractivity (Wildman–Crippen MR) is 69.0 cm³/mol. The van der Waals surface area contributed by atoms with Gasteiger partial charge in [-0.15, -0.1) is 4.83 Å². The molecule has 108 valence electrons. The third kappa shape index (κ3) is 3.27. The maximum absolute atomic E-state index is 13.1. The van der Waals surface area contributed by atoms with Crippen LogP contribution in [0.5, 0.6) is 0 Å². The number of hydrazine groups is 1. The van der Waals surface area contributed by atoms with E-state index in [1.807, 2.05) is 0 Å². The van der Waals surface area contributed by atoms with E-state index in [0.717, 1.165) is 13.2 Å². The van der Waals surface area contributed by atoms with Crippen molar-refractivity contribution in [2.75, 3.05) is 6.26 Å². The summed E-state index contributed by atoms with van der Waals surface area (Å²) >= 11 is 5.13. The molecule has 1 aliphatic rings. The van der Waals surface area contributed by atoms with E-state index in [0.29, 0.717) is 23.7 Å². The van der Waals surface area contributed by atoms with Crippen LogP contribution in [0.15, 0.2) is 0 Å². The number of hydrogen-bond acceptors (Lipinski definition) is 6. The topological polar surface area (TPSA) is 83.6 Å².